The van der Waals surface area contributed by atoms with E-state index in [1.807, 2.05) is 6.92 Å². The summed E-state index contributed by atoms with van der Waals surface area (Å²) < 4.78 is 39.1. The summed E-state index contributed by atoms with van der Waals surface area (Å²) in [5.41, 5.74) is 0.315. The lowest BCUT2D eigenvalue weighted by molar-refractivity contribution is 0.262. The highest BCUT2D eigenvalue weighted by atomic mass is 32.1. The van der Waals surface area contributed by atoms with Gasteiger partial charge in [-0.3, -0.25) is 5.32 Å². The molecule has 0 fully saturated rings. The topological polar surface area (TPSA) is 54.0 Å². The van der Waals surface area contributed by atoms with Crippen LogP contribution in [0.2, 0.25) is 0 Å². The standard InChI is InChI=1S/C12H10F3N3OS/c1-5-6(2)20-12(16-5)18-11(19)17-8-4-3-7(13)9(14)10(8)15/h3-4H,1-2H3,(H2,16,17,18,19). The Morgan fingerprint density at radius 1 is 1.15 bits per heavy atom. The van der Waals surface area contributed by atoms with Gasteiger partial charge in [0, 0.05) is 4.88 Å². The van der Waals surface area contributed by atoms with Crippen LogP contribution in [0.5, 0.6) is 0 Å². The number of aryl methyl sites for hydroxylation is 2. The van der Waals surface area contributed by atoms with Crippen LogP contribution in [-0.4, -0.2) is 11.0 Å². The van der Waals surface area contributed by atoms with Crippen molar-refractivity contribution >= 4 is 28.2 Å². The van der Waals surface area contributed by atoms with Crippen molar-refractivity contribution in [2.75, 3.05) is 10.6 Å². The van der Waals surface area contributed by atoms with Crippen molar-refractivity contribution in [2.24, 2.45) is 0 Å². The second-order valence-corrected chi connectivity index (χ2v) is 5.17. The molecule has 0 saturated heterocycles. The van der Waals surface area contributed by atoms with Crippen LogP contribution >= 0.6 is 11.3 Å². The van der Waals surface area contributed by atoms with Crippen LogP contribution < -0.4 is 10.6 Å². The largest absolute Gasteiger partial charge is 0.325 e. The molecule has 0 radical (unpaired) electrons. The lowest BCUT2D eigenvalue weighted by Gasteiger charge is -2.07. The fourth-order valence-electron chi connectivity index (χ4n) is 1.40. The summed E-state index contributed by atoms with van der Waals surface area (Å²) in [5, 5.41) is 4.81. The highest BCUT2D eigenvalue weighted by molar-refractivity contribution is 7.15. The molecular weight excluding hydrogens is 291 g/mol. The number of thiazole rings is 1. The van der Waals surface area contributed by atoms with Gasteiger partial charge < -0.3 is 5.32 Å². The zero-order chi connectivity index (χ0) is 14.9. The van der Waals surface area contributed by atoms with E-state index in [0.29, 0.717) is 5.13 Å². The lowest BCUT2D eigenvalue weighted by Crippen LogP contribution is -2.20. The van der Waals surface area contributed by atoms with Crippen molar-refractivity contribution in [3.8, 4) is 0 Å². The molecule has 1 heterocycles. The van der Waals surface area contributed by atoms with Gasteiger partial charge in [0.2, 0.25) is 0 Å². The minimum Gasteiger partial charge on any atom is -0.305 e. The summed E-state index contributed by atoms with van der Waals surface area (Å²) in [5.74, 6) is -4.41. The molecule has 0 aliphatic carbocycles. The van der Waals surface area contributed by atoms with Gasteiger partial charge in [-0.1, -0.05) is 0 Å². The van der Waals surface area contributed by atoms with E-state index in [4.69, 9.17) is 0 Å². The maximum Gasteiger partial charge on any atom is 0.325 e. The van der Waals surface area contributed by atoms with Crippen molar-refractivity contribution in [3.63, 3.8) is 0 Å². The highest BCUT2D eigenvalue weighted by Crippen LogP contribution is 2.22. The fourth-order valence-corrected chi connectivity index (χ4v) is 2.21. The third kappa shape index (κ3) is 2.90. The number of nitrogens with zero attached hydrogens (tertiary/aromatic N) is 1. The molecule has 2 amide bonds. The Balaban J connectivity index is 2.10. The summed E-state index contributed by atoms with van der Waals surface area (Å²) >= 11 is 1.25. The number of rotatable bonds is 2. The first kappa shape index (κ1) is 14.3. The molecule has 2 N–H and O–H groups in total. The maximum atomic E-state index is 13.4. The van der Waals surface area contributed by atoms with Gasteiger partial charge in [-0.2, -0.15) is 0 Å². The molecule has 4 nitrogen and oxygen atoms in total. The summed E-state index contributed by atoms with van der Waals surface area (Å²) in [6.07, 6.45) is 0. The Morgan fingerprint density at radius 3 is 2.45 bits per heavy atom. The molecule has 2 rings (SSSR count). The van der Waals surface area contributed by atoms with E-state index >= 15 is 0 Å². The number of carbonyl (C=O) groups is 1. The maximum absolute atomic E-state index is 13.4. The van der Waals surface area contributed by atoms with Gasteiger partial charge in [0.25, 0.3) is 0 Å². The first-order chi connectivity index (χ1) is 9.38. The van der Waals surface area contributed by atoms with Crippen molar-refractivity contribution in [1.82, 2.24) is 4.98 Å². The minimum absolute atomic E-state index is 0.334. The van der Waals surface area contributed by atoms with Gasteiger partial charge in [-0.15, -0.1) is 11.3 Å². The lowest BCUT2D eigenvalue weighted by atomic mass is 10.3. The van der Waals surface area contributed by atoms with E-state index in [9.17, 15) is 18.0 Å². The molecule has 0 spiro atoms. The van der Waals surface area contributed by atoms with Gasteiger partial charge in [-0.25, -0.2) is 22.9 Å². The molecule has 20 heavy (non-hydrogen) atoms. The van der Waals surface area contributed by atoms with Crippen LogP contribution in [-0.2, 0) is 0 Å². The SMILES string of the molecule is Cc1nc(NC(=O)Nc2ccc(F)c(F)c2F)sc1C. The molecule has 106 valence electrons. The summed E-state index contributed by atoms with van der Waals surface area (Å²) in [6.45, 7) is 3.62. The average molecular weight is 301 g/mol. The Hall–Kier alpha value is -2.09. The predicted molar refractivity (Wildman–Crippen MR) is 70.5 cm³/mol. The van der Waals surface area contributed by atoms with E-state index < -0.39 is 29.2 Å². The zero-order valence-electron chi connectivity index (χ0n) is 10.6. The van der Waals surface area contributed by atoms with Crippen molar-refractivity contribution < 1.29 is 18.0 Å². The monoisotopic (exact) mass is 301 g/mol. The number of hydrogen-bond acceptors (Lipinski definition) is 3. The normalized spacial score (nSPS) is 10.4. The molecule has 8 heteroatoms. The quantitative estimate of drug-likeness (QED) is 0.828. The van der Waals surface area contributed by atoms with E-state index in [0.717, 1.165) is 22.7 Å². The number of urea groups is 1. The summed E-state index contributed by atoms with van der Waals surface area (Å²) in [6, 6.07) is 0.876. The van der Waals surface area contributed by atoms with Gasteiger partial charge in [0.05, 0.1) is 11.4 Å². The van der Waals surface area contributed by atoms with Crippen molar-refractivity contribution in [2.45, 2.75) is 13.8 Å². The smallest absolute Gasteiger partial charge is 0.305 e. The molecule has 0 aliphatic rings. The van der Waals surface area contributed by atoms with Gasteiger partial charge in [-0.05, 0) is 26.0 Å². The van der Waals surface area contributed by atoms with Gasteiger partial charge in [0.1, 0.15) is 0 Å². The molecule has 0 unspecified atom stereocenters. The van der Waals surface area contributed by atoms with E-state index in [2.05, 4.69) is 15.6 Å². The number of hydrogen-bond donors (Lipinski definition) is 2. The average Bonchev–Trinajstić information content (AvgIpc) is 2.69. The van der Waals surface area contributed by atoms with Crippen LogP contribution in [0.25, 0.3) is 0 Å². The third-order valence-electron chi connectivity index (χ3n) is 2.53. The van der Waals surface area contributed by atoms with Gasteiger partial charge >= 0.3 is 6.03 Å². The molecule has 0 bridgehead atoms. The second kappa shape index (κ2) is 5.49. The van der Waals surface area contributed by atoms with Crippen LogP contribution in [0.3, 0.4) is 0 Å². The van der Waals surface area contributed by atoms with Crippen LogP contribution in [0, 0.1) is 31.3 Å². The number of aromatic nitrogens is 1. The van der Waals surface area contributed by atoms with Gasteiger partial charge in [0.15, 0.2) is 22.6 Å². The highest BCUT2D eigenvalue weighted by Gasteiger charge is 2.15. The first-order valence-electron chi connectivity index (χ1n) is 5.54. The Labute approximate surface area is 116 Å². The Morgan fingerprint density at radius 2 is 1.85 bits per heavy atom. The van der Waals surface area contributed by atoms with E-state index in [-0.39, 0.29) is 0 Å². The summed E-state index contributed by atoms with van der Waals surface area (Å²) in [7, 11) is 0. The number of halogens is 3. The molecule has 1 aromatic heterocycles. The molecule has 1 aromatic carbocycles. The van der Waals surface area contributed by atoms with E-state index in [1.54, 1.807) is 6.92 Å². The molecule has 0 atom stereocenters. The molecule has 2 aromatic rings. The summed E-state index contributed by atoms with van der Waals surface area (Å²) in [4.78, 5) is 16.6. The number of benzene rings is 1. The van der Waals surface area contributed by atoms with Crippen molar-refractivity contribution in [3.05, 3.63) is 40.2 Å². The van der Waals surface area contributed by atoms with Crippen LogP contribution in [0.1, 0.15) is 10.6 Å². The first-order valence-corrected chi connectivity index (χ1v) is 6.35. The number of amides is 2. The Kier molecular flexibility index (Phi) is 3.93. The third-order valence-corrected chi connectivity index (χ3v) is 3.52. The van der Waals surface area contributed by atoms with Crippen LogP contribution in [0.15, 0.2) is 12.1 Å². The molecule has 0 aliphatic heterocycles. The number of nitrogens with one attached hydrogen (secondary N) is 2. The second-order valence-electron chi connectivity index (χ2n) is 3.96. The van der Waals surface area contributed by atoms with Crippen molar-refractivity contribution in [1.29, 1.82) is 0 Å². The van der Waals surface area contributed by atoms with Crippen LogP contribution in [0.4, 0.5) is 28.8 Å². The zero-order valence-corrected chi connectivity index (χ0v) is 11.4. The fraction of sp³-hybridized carbons (Fsp3) is 0.167. The van der Waals surface area contributed by atoms with E-state index in [1.165, 1.54) is 11.3 Å². The molecular formula is C12H10F3N3OS. The molecule has 0 saturated carbocycles. The number of anilines is 2. The predicted octanol–water partition coefficient (Wildman–Crippen LogP) is 3.82. The number of carbonyl (C=O) groups excluding carboxylic acids is 1. The Bertz CT molecular complexity index is 653. The minimum atomic E-state index is -1.64.